The molecule has 32 heavy (non-hydrogen) atoms. The number of hydrogen-bond donors (Lipinski definition) is 2. The first-order valence-corrected chi connectivity index (χ1v) is 11.7. The highest BCUT2D eigenvalue weighted by molar-refractivity contribution is 5.97. The van der Waals surface area contributed by atoms with E-state index >= 15 is 0 Å². The summed E-state index contributed by atoms with van der Waals surface area (Å²) in [6.45, 7) is 5.55. The summed E-state index contributed by atoms with van der Waals surface area (Å²) in [5.74, 6) is 0.844. The molecule has 166 valence electrons. The van der Waals surface area contributed by atoms with Gasteiger partial charge in [0.2, 0.25) is 0 Å². The molecule has 1 aromatic carbocycles. The van der Waals surface area contributed by atoms with Gasteiger partial charge in [-0.05, 0) is 49.9 Å². The SMILES string of the molecule is CCn1ccc2cc(C(=O)N[C@H]3COc4cc(N5CC6CCC(C5)N6)ccc4C3)cnc21. The van der Waals surface area contributed by atoms with Crippen LogP contribution in [0.2, 0.25) is 0 Å². The molecular formula is C25H29N5O2. The third-order valence-electron chi connectivity index (χ3n) is 7.08. The number of nitrogens with one attached hydrogen (secondary N) is 2. The number of amides is 1. The maximum atomic E-state index is 12.8. The molecule has 2 bridgehead atoms. The molecule has 0 aliphatic carbocycles. The van der Waals surface area contributed by atoms with Crippen molar-refractivity contribution < 1.29 is 9.53 Å². The second-order valence-corrected chi connectivity index (χ2v) is 9.26. The summed E-state index contributed by atoms with van der Waals surface area (Å²) in [7, 11) is 0. The van der Waals surface area contributed by atoms with Crippen molar-refractivity contribution >= 4 is 22.6 Å². The molecular weight excluding hydrogens is 402 g/mol. The summed E-state index contributed by atoms with van der Waals surface area (Å²) in [5, 5.41) is 7.80. The van der Waals surface area contributed by atoms with Crippen LogP contribution in [0.4, 0.5) is 5.69 Å². The van der Waals surface area contributed by atoms with E-state index in [9.17, 15) is 4.79 Å². The molecule has 7 heteroatoms. The average molecular weight is 432 g/mol. The van der Waals surface area contributed by atoms with E-state index in [1.54, 1.807) is 6.20 Å². The average Bonchev–Trinajstić information content (AvgIpc) is 3.39. The zero-order chi connectivity index (χ0) is 21.7. The molecule has 7 nitrogen and oxygen atoms in total. The van der Waals surface area contributed by atoms with Crippen molar-refractivity contribution in [2.75, 3.05) is 24.6 Å². The van der Waals surface area contributed by atoms with Gasteiger partial charge in [-0.1, -0.05) is 6.07 Å². The lowest BCUT2D eigenvalue weighted by molar-refractivity contribution is 0.0915. The quantitative estimate of drug-likeness (QED) is 0.665. The van der Waals surface area contributed by atoms with Gasteiger partial charge in [-0.15, -0.1) is 0 Å². The van der Waals surface area contributed by atoms with Crippen LogP contribution in [0.15, 0.2) is 42.7 Å². The van der Waals surface area contributed by atoms with Crippen molar-refractivity contribution in [2.24, 2.45) is 0 Å². The molecule has 3 aliphatic heterocycles. The van der Waals surface area contributed by atoms with Gasteiger partial charge in [-0.2, -0.15) is 0 Å². The summed E-state index contributed by atoms with van der Waals surface area (Å²) in [6.07, 6.45) is 6.99. The Morgan fingerprint density at radius 2 is 2.06 bits per heavy atom. The highest BCUT2D eigenvalue weighted by Gasteiger charge is 2.32. The Hall–Kier alpha value is -3.06. The van der Waals surface area contributed by atoms with Gasteiger partial charge < -0.3 is 24.8 Å². The monoisotopic (exact) mass is 431 g/mol. The van der Waals surface area contributed by atoms with E-state index in [1.165, 1.54) is 18.5 Å². The van der Waals surface area contributed by atoms with Crippen LogP contribution in [0.25, 0.3) is 11.0 Å². The van der Waals surface area contributed by atoms with Gasteiger partial charge >= 0.3 is 0 Å². The van der Waals surface area contributed by atoms with Crippen LogP contribution in [0.3, 0.4) is 0 Å². The number of hydrogen-bond acceptors (Lipinski definition) is 5. The number of fused-ring (bicyclic) bond motifs is 4. The Morgan fingerprint density at radius 3 is 2.88 bits per heavy atom. The lowest BCUT2D eigenvalue weighted by Gasteiger charge is -2.35. The second kappa shape index (κ2) is 7.81. The summed E-state index contributed by atoms with van der Waals surface area (Å²) >= 11 is 0. The van der Waals surface area contributed by atoms with E-state index in [1.807, 2.05) is 18.3 Å². The lowest BCUT2D eigenvalue weighted by Crippen LogP contribution is -2.51. The van der Waals surface area contributed by atoms with Crippen molar-refractivity contribution in [3.63, 3.8) is 0 Å². The van der Waals surface area contributed by atoms with E-state index in [0.29, 0.717) is 24.3 Å². The standard InChI is InChI=1S/C25H29N5O2/c1-2-29-8-7-17-9-18(12-26-24(17)29)25(31)28-21-10-16-3-6-22(11-23(16)32-15-21)30-13-19-4-5-20(14-30)27-19/h3,6-9,11-12,19-21,27H,2,4-5,10,13-15H2,1H3,(H,28,31)/t19?,20?,21-/m1/s1. The fourth-order valence-corrected chi connectivity index (χ4v) is 5.38. The van der Waals surface area contributed by atoms with Crippen LogP contribution in [0, 0.1) is 0 Å². The van der Waals surface area contributed by atoms with Crippen molar-refractivity contribution in [2.45, 2.75) is 50.9 Å². The fraction of sp³-hybridized carbons (Fsp3) is 0.440. The molecule has 5 heterocycles. The Bertz CT molecular complexity index is 1160. The molecule has 2 unspecified atom stereocenters. The van der Waals surface area contributed by atoms with Crippen molar-refractivity contribution in [3.05, 3.63) is 53.9 Å². The Labute approximate surface area is 187 Å². The van der Waals surface area contributed by atoms with Crippen LogP contribution < -0.4 is 20.3 Å². The van der Waals surface area contributed by atoms with Crippen molar-refractivity contribution in [1.29, 1.82) is 0 Å². The predicted molar refractivity (Wildman–Crippen MR) is 124 cm³/mol. The molecule has 6 rings (SSSR count). The highest BCUT2D eigenvalue weighted by atomic mass is 16.5. The molecule has 2 saturated heterocycles. The second-order valence-electron chi connectivity index (χ2n) is 9.26. The van der Waals surface area contributed by atoms with Gasteiger partial charge in [-0.3, -0.25) is 4.79 Å². The number of carbonyl (C=O) groups excluding carboxylic acids is 1. The van der Waals surface area contributed by atoms with Gasteiger partial charge in [0.15, 0.2) is 0 Å². The number of nitrogens with zero attached hydrogens (tertiary/aromatic N) is 3. The summed E-state index contributed by atoms with van der Waals surface area (Å²) in [6, 6.07) is 11.6. The Balaban J connectivity index is 1.13. The first-order chi connectivity index (χ1) is 15.7. The topological polar surface area (TPSA) is 71.4 Å². The van der Waals surface area contributed by atoms with Gasteiger partial charge in [0.25, 0.3) is 5.91 Å². The smallest absolute Gasteiger partial charge is 0.253 e. The molecule has 0 spiro atoms. The first kappa shape index (κ1) is 19.6. The minimum Gasteiger partial charge on any atom is -0.491 e. The normalized spacial score (nSPS) is 24.3. The van der Waals surface area contributed by atoms with E-state index in [2.05, 4.69) is 50.2 Å². The summed E-state index contributed by atoms with van der Waals surface area (Å²) in [4.78, 5) is 19.8. The zero-order valence-electron chi connectivity index (χ0n) is 18.4. The van der Waals surface area contributed by atoms with E-state index in [-0.39, 0.29) is 11.9 Å². The molecule has 2 N–H and O–H groups in total. The lowest BCUT2D eigenvalue weighted by atomic mass is 10.0. The third kappa shape index (κ3) is 3.50. The first-order valence-electron chi connectivity index (χ1n) is 11.7. The van der Waals surface area contributed by atoms with Gasteiger partial charge in [0.1, 0.15) is 18.0 Å². The number of benzene rings is 1. The molecule has 2 aromatic heterocycles. The number of anilines is 1. The Morgan fingerprint density at radius 1 is 1.22 bits per heavy atom. The minimum atomic E-state index is -0.103. The van der Waals surface area contributed by atoms with Crippen LogP contribution in [-0.4, -0.2) is 53.3 Å². The van der Waals surface area contributed by atoms with Crippen LogP contribution in [-0.2, 0) is 13.0 Å². The highest BCUT2D eigenvalue weighted by Crippen LogP contribution is 2.32. The molecule has 1 amide bonds. The van der Waals surface area contributed by atoms with Gasteiger partial charge in [0.05, 0.1) is 11.6 Å². The molecule has 3 atom stereocenters. The molecule has 0 saturated carbocycles. The number of rotatable bonds is 4. The maximum Gasteiger partial charge on any atom is 0.253 e. The van der Waals surface area contributed by atoms with E-state index in [4.69, 9.17) is 4.74 Å². The van der Waals surface area contributed by atoms with Gasteiger partial charge in [-0.25, -0.2) is 4.98 Å². The number of piperazine rings is 1. The van der Waals surface area contributed by atoms with Gasteiger partial charge in [0, 0.05) is 61.3 Å². The Kier molecular flexibility index (Phi) is 4.79. The molecule has 3 aromatic rings. The third-order valence-corrected chi connectivity index (χ3v) is 7.08. The van der Waals surface area contributed by atoms with E-state index < -0.39 is 0 Å². The fourth-order valence-electron chi connectivity index (χ4n) is 5.38. The van der Waals surface area contributed by atoms with Crippen LogP contribution in [0.5, 0.6) is 5.75 Å². The number of ether oxygens (including phenoxy) is 1. The van der Waals surface area contributed by atoms with Crippen LogP contribution >= 0.6 is 0 Å². The molecule has 3 aliphatic rings. The number of pyridine rings is 1. The number of aromatic nitrogens is 2. The summed E-state index contributed by atoms with van der Waals surface area (Å²) < 4.78 is 8.16. The number of carbonyl (C=O) groups is 1. The summed E-state index contributed by atoms with van der Waals surface area (Å²) in [5.41, 5.74) is 3.88. The molecule has 0 radical (unpaired) electrons. The van der Waals surface area contributed by atoms with E-state index in [0.717, 1.165) is 48.4 Å². The number of aryl methyl sites for hydroxylation is 1. The molecule has 2 fully saturated rings. The predicted octanol–water partition coefficient (Wildman–Crippen LogP) is 2.73. The van der Waals surface area contributed by atoms with Crippen LogP contribution in [0.1, 0.15) is 35.7 Å². The largest absolute Gasteiger partial charge is 0.491 e. The van der Waals surface area contributed by atoms with Crippen molar-refractivity contribution in [1.82, 2.24) is 20.2 Å². The minimum absolute atomic E-state index is 0.0492. The zero-order valence-corrected chi connectivity index (χ0v) is 18.4. The maximum absolute atomic E-state index is 12.8. The van der Waals surface area contributed by atoms with Crippen molar-refractivity contribution in [3.8, 4) is 5.75 Å².